The number of hydrogen-bond acceptors (Lipinski definition) is 13. The minimum Gasteiger partial charge on any atom is -0.460 e. The number of ether oxygens (including phenoxy) is 5. The minimum absolute atomic E-state index is 0.0541. The Morgan fingerprint density at radius 3 is 1.92 bits per heavy atom. The number of hydrogen-bond donors (Lipinski definition) is 0. The molecule has 0 radical (unpaired) electrons. The summed E-state index contributed by atoms with van der Waals surface area (Å²) in [5.41, 5.74) is 0.332. The minimum atomic E-state index is -2.24. The highest BCUT2D eigenvalue weighted by Gasteiger charge is 2.44. The molecule has 1 aromatic heterocycles. The molecule has 4 atom stereocenters. The number of carbonyl (C=O) groups excluding carboxylic acids is 5. The van der Waals surface area contributed by atoms with E-state index in [1.54, 1.807) is 27.7 Å². The lowest BCUT2D eigenvalue weighted by atomic mass is 9.73. The molecule has 20 heteroatoms. The van der Waals surface area contributed by atoms with Crippen molar-refractivity contribution in [1.29, 1.82) is 0 Å². The molecule has 0 bridgehead atoms. The molecule has 1 rings (SSSR count). The van der Waals surface area contributed by atoms with E-state index in [4.69, 9.17) is 97.7 Å². The first-order chi connectivity index (χ1) is 28.4. The van der Waals surface area contributed by atoms with Gasteiger partial charge >= 0.3 is 18.3 Å². The van der Waals surface area contributed by atoms with Crippen LogP contribution in [0.1, 0.15) is 126 Å². The van der Waals surface area contributed by atoms with Gasteiger partial charge in [0.1, 0.15) is 43.0 Å². The first-order valence-electron chi connectivity index (χ1n) is 20.5. The number of rotatable bonds is 22. The summed E-state index contributed by atoms with van der Waals surface area (Å²) in [7, 11) is -2.24. The number of thiazole rings is 1. The van der Waals surface area contributed by atoms with Crippen molar-refractivity contribution in [2.24, 2.45) is 17.3 Å². The first-order valence-corrected chi connectivity index (χ1v) is 26.5. The molecule has 1 heterocycles. The lowest BCUT2D eigenvalue weighted by molar-refractivity contribution is -0.158. The fourth-order valence-corrected chi connectivity index (χ4v) is 8.14. The highest BCUT2D eigenvalue weighted by atomic mass is 35.6. The summed E-state index contributed by atoms with van der Waals surface area (Å²) in [4.78, 5) is 69.1. The van der Waals surface area contributed by atoms with E-state index in [0.29, 0.717) is 36.4 Å². The van der Waals surface area contributed by atoms with Crippen molar-refractivity contribution in [2.75, 3.05) is 13.2 Å². The van der Waals surface area contributed by atoms with Gasteiger partial charge in [-0.15, -0.1) is 11.3 Å². The predicted molar refractivity (Wildman–Crippen MR) is 256 cm³/mol. The second-order valence-corrected chi connectivity index (χ2v) is 29.5. The van der Waals surface area contributed by atoms with Crippen LogP contribution >= 0.6 is 80.9 Å². The van der Waals surface area contributed by atoms with Gasteiger partial charge in [0, 0.05) is 5.38 Å². The van der Waals surface area contributed by atoms with Gasteiger partial charge < -0.3 is 28.1 Å². The molecule has 360 valence electrons. The van der Waals surface area contributed by atoms with Crippen LogP contribution in [0.3, 0.4) is 0 Å². The Kier molecular flexibility index (Phi) is 23.5. The number of aromatic nitrogens is 1. The van der Waals surface area contributed by atoms with Crippen molar-refractivity contribution >= 4 is 125 Å². The Balaban J connectivity index is 3.22. The number of alkyl halides is 6. The van der Waals surface area contributed by atoms with Gasteiger partial charge in [0.25, 0.3) is 0 Å². The molecule has 0 fully saturated rings. The number of nitrogens with zero attached hydrogens (tertiary/aromatic N) is 1. The van der Waals surface area contributed by atoms with Crippen molar-refractivity contribution in [3.8, 4) is 0 Å². The summed E-state index contributed by atoms with van der Waals surface area (Å²) in [6.45, 7) is 25.1. The second-order valence-electron chi connectivity index (χ2n) is 18.7. The van der Waals surface area contributed by atoms with Crippen LogP contribution < -0.4 is 0 Å². The monoisotopic (exact) mass is 1040 g/mol. The third-order valence-corrected chi connectivity index (χ3v) is 16.3. The summed E-state index contributed by atoms with van der Waals surface area (Å²) in [6, 6.07) is 0. The van der Waals surface area contributed by atoms with Crippen LogP contribution in [-0.4, -0.2) is 81.8 Å². The molecule has 1 aromatic rings. The van der Waals surface area contributed by atoms with Gasteiger partial charge in [-0.05, 0) is 110 Å². The standard InChI is InChI=1S/C43H65Cl6NO11SSi/c1-26(18-19-31(61-63(13,14)40(8,9)10)28(3)20-30-23-62-33(50-30)22-56-37(54)57-24-42(44,45)46)16-15-17-27(2)35(59-38(55)58-25-43(47,48)49)29(4)36(53)41(11,12)32(51)21-34(52)60-39(5,6)7/h18,20,23,27,29,31,35H,15-17,19,21-22,24-25H2,1-14H3/b26-18-,28-20+/t27-,29+,31-,35-/m0/s1. The van der Waals surface area contributed by atoms with E-state index in [2.05, 4.69) is 44.9 Å². The van der Waals surface area contributed by atoms with Gasteiger partial charge in [-0.1, -0.05) is 116 Å². The van der Waals surface area contributed by atoms with Crippen LogP contribution in [0.15, 0.2) is 22.6 Å². The highest BCUT2D eigenvalue weighted by Crippen LogP contribution is 2.39. The summed E-state index contributed by atoms with van der Waals surface area (Å²) in [6.07, 6.45) is 2.58. The molecular formula is C43H65Cl6NO11SSi. The predicted octanol–water partition coefficient (Wildman–Crippen LogP) is 13.5. The summed E-state index contributed by atoms with van der Waals surface area (Å²) in [5.74, 6) is -3.25. The lowest BCUT2D eigenvalue weighted by Gasteiger charge is -2.39. The molecule has 0 spiro atoms. The summed E-state index contributed by atoms with van der Waals surface area (Å²) in [5, 5.41) is 2.35. The molecule has 12 nitrogen and oxygen atoms in total. The van der Waals surface area contributed by atoms with E-state index >= 15 is 0 Å². The van der Waals surface area contributed by atoms with Crippen molar-refractivity contribution < 1.29 is 52.1 Å². The average molecular weight is 1040 g/mol. The first kappa shape index (κ1) is 59.4. The molecule has 0 amide bonds. The normalized spacial score (nSPS) is 15.5. The van der Waals surface area contributed by atoms with Crippen LogP contribution in [0, 0.1) is 17.3 Å². The Bertz CT molecular complexity index is 1770. The highest BCUT2D eigenvalue weighted by molar-refractivity contribution is 7.09. The number of halogens is 6. The van der Waals surface area contributed by atoms with Gasteiger partial charge in [-0.25, -0.2) is 14.6 Å². The third kappa shape index (κ3) is 23.1. The topological polar surface area (TPSA) is 154 Å². The molecule has 0 unspecified atom stereocenters. The maximum Gasteiger partial charge on any atom is 0.508 e. The van der Waals surface area contributed by atoms with Crippen molar-refractivity contribution in [2.45, 2.75) is 165 Å². The third-order valence-electron chi connectivity index (χ3n) is 10.4. The van der Waals surface area contributed by atoms with E-state index in [1.165, 1.54) is 25.2 Å². The lowest BCUT2D eigenvalue weighted by Crippen LogP contribution is -2.45. The molecule has 0 aliphatic rings. The van der Waals surface area contributed by atoms with Crippen molar-refractivity contribution in [3.63, 3.8) is 0 Å². The van der Waals surface area contributed by atoms with Crippen LogP contribution in [0.25, 0.3) is 6.08 Å². The van der Waals surface area contributed by atoms with Gasteiger partial charge in [0.05, 0.1) is 23.1 Å². The largest absolute Gasteiger partial charge is 0.508 e. The molecule has 0 saturated carbocycles. The van der Waals surface area contributed by atoms with Crippen molar-refractivity contribution in [1.82, 2.24) is 4.98 Å². The molecule has 0 N–H and O–H groups in total. The van der Waals surface area contributed by atoms with Gasteiger partial charge in [0.2, 0.25) is 7.59 Å². The average Bonchev–Trinajstić information content (AvgIpc) is 3.57. The summed E-state index contributed by atoms with van der Waals surface area (Å²) < 4.78 is 29.2. The molecular weight excluding hydrogens is 979 g/mol. The van der Waals surface area contributed by atoms with Crippen LogP contribution in [-0.2, 0) is 49.1 Å². The van der Waals surface area contributed by atoms with Crippen molar-refractivity contribution in [3.05, 3.63) is 33.3 Å². The smallest absolute Gasteiger partial charge is 0.460 e. The number of allylic oxidation sites excluding steroid dienone is 1. The van der Waals surface area contributed by atoms with Gasteiger partial charge in [-0.3, -0.25) is 14.4 Å². The Labute approximate surface area is 408 Å². The number of ketones is 2. The zero-order valence-corrected chi connectivity index (χ0v) is 45.2. The number of Topliss-reactive ketones (excluding diaryl/α,β-unsaturated/α-hetero) is 2. The second kappa shape index (κ2) is 24.9. The molecule has 0 aromatic carbocycles. The van der Waals surface area contributed by atoms with E-state index in [0.717, 1.165) is 11.1 Å². The van der Waals surface area contributed by atoms with E-state index in [-0.39, 0.29) is 23.7 Å². The van der Waals surface area contributed by atoms with E-state index < -0.39 is 88.4 Å². The zero-order chi connectivity index (χ0) is 48.9. The van der Waals surface area contributed by atoms with E-state index in [1.807, 2.05) is 32.2 Å². The van der Waals surface area contributed by atoms with E-state index in [9.17, 15) is 24.0 Å². The van der Waals surface area contributed by atoms with Gasteiger partial charge in [-0.2, -0.15) is 0 Å². The van der Waals surface area contributed by atoms with Gasteiger partial charge in [0.15, 0.2) is 19.9 Å². The summed E-state index contributed by atoms with van der Waals surface area (Å²) >= 11 is 35.5. The maximum atomic E-state index is 14.0. The molecule has 0 saturated heterocycles. The quantitative estimate of drug-likeness (QED) is 0.0271. The Morgan fingerprint density at radius 1 is 0.841 bits per heavy atom. The Hall–Kier alpha value is -1.62. The SMILES string of the molecule is C/C(=C/C[C@H](O[Si](C)(C)C(C)(C)C)/C(C)=C/c1csc(COC(=O)OCC(Cl)(Cl)Cl)n1)CCC[C@H](C)[C@H](OC(=O)OCC(Cl)(Cl)Cl)[C@@H](C)C(=O)C(C)(C)C(=O)CC(=O)OC(C)(C)C. The van der Waals surface area contributed by atoms with Crippen LogP contribution in [0.5, 0.6) is 0 Å². The van der Waals surface area contributed by atoms with Crippen LogP contribution in [0.2, 0.25) is 18.1 Å². The number of carbonyl (C=O) groups is 5. The Morgan fingerprint density at radius 2 is 1.40 bits per heavy atom. The molecule has 63 heavy (non-hydrogen) atoms. The number of esters is 1. The fourth-order valence-electron chi connectivity index (χ4n) is 5.81. The fraction of sp³-hybridized carbons (Fsp3) is 0.721. The maximum absolute atomic E-state index is 14.0. The molecule has 0 aliphatic carbocycles. The molecule has 0 aliphatic heterocycles. The zero-order valence-electron chi connectivity index (χ0n) is 38.8. The van der Waals surface area contributed by atoms with Crippen LogP contribution in [0.4, 0.5) is 9.59 Å².